The lowest BCUT2D eigenvalue weighted by molar-refractivity contribution is -0.154. The van der Waals surface area contributed by atoms with Crippen LogP contribution in [0.2, 0.25) is 0 Å². The van der Waals surface area contributed by atoms with Crippen molar-refractivity contribution in [2.75, 3.05) is 0 Å². The molecule has 25 atom stereocenters. The number of aliphatic hydroxyl groups is 2. The Balaban J connectivity index is 0.000000578. The summed E-state index contributed by atoms with van der Waals surface area (Å²) < 4.78 is 34.4. The fraction of sp³-hybridized carbons (Fsp3) is 0.893. The highest BCUT2D eigenvalue weighted by Crippen LogP contribution is 2.46. The van der Waals surface area contributed by atoms with Crippen molar-refractivity contribution >= 4 is 47.8 Å². The molecule has 0 aromatic heterocycles. The van der Waals surface area contributed by atoms with Gasteiger partial charge in [-0.25, -0.2) is 0 Å². The molecule has 0 spiro atoms. The lowest BCUT2D eigenvalue weighted by Crippen LogP contribution is -2.41. The summed E-state index contributed by atoms with van der Waals surface area (Å²) in [5.41, 5.74) is -1.17. The Bertz CT molecular complexity index is 2330. The molecule has 7 rings (SSSR count). The minimum atomic E-state index is -1.17. The number of rotatable bonds is 30. The maximum absolute atomic E-state index is 11.1. The van der Waals surface area contributed by atoms with Crippen LogP contribution >= 0.6 is 0 Å². The van der Waals surface area contributed by atoms with Crippen LogP contribution in [-0.4, -0.2) is 184 Å². The van der Waals surface area contributed by atoms with Gasteiger partial charge in [0.25, 0.3) is 0 Å². The molecule has 0 amide bonds. The Morgan fingerprint density at radius 2 is 0.758 bits per heavy atom. The standard InChI is InChI=1S/C12H22O4.C11H20O4.C11H18O4.2C11H20O3.C10H18O3.C9H16O3/c1-4-8-6-9(10(5-2)16-8)12(3,15)7-11(13)14;1-3-7-5-8(10(4-2)15-7)9(12)6-11(13)14;1-3-6-5-7(4-2)9(11(14)15)8(6)10(12)13;1-4-8-6-9(7(3)11(12)13)10(5-2)14-8;1-3-9-7-8(5-6-11(12)13)10(4-2)14-9;1-3-8-5-7(6-10(11)12)9(4-2)13-8;1-3-6-5-7(9(10)11)8(4-2)12-6/h8-10,15H,4-7H2,1-3H3,(H,13,14);7-10,12H,3-6H2,1-2H3,(H,13,14);6-9H,3-5H2,1-2H3,(H,12,13)(H,14,15);7-10H,4-6H2,1-3H3,(H,12,13);8-10H,3-7H2,1-2H3,(H,12,13);7-9H,3-6H2,1-2H3,(H,11,12);6-8H,3-5H2,1-2H3,(H,10,11). The second-order valence-electron chi connectivity index (χ2n) is 28.5. The first kappa shape index (κ1) is 92.5. The molecule has 0 radical (unpaired) electrons. The average molecular weight is 1420 g/mol. The highest BCUT2D eigenvalue weighted by molar-refractivity contribution is 5.81. The molecule has 6 heterocycles. The lowest BCUT2D eigenvalue weighted by Gasteiger charge is -2.31. The number of hydrogen-bond acceptors (Lipinski definition) is 16. The van der Waals surface area contributed by atoms with Gasteiger partial charge in [-0.15, -0.1) is 0 Å². The molecule has 1 aliphatic carbocycles. The number of hydrogen-bond donors (Lipinski definition) is 10. The van der Waals surface area contributed by atoms with Crippen molar-refractivity contribution in [3.63, 3.8) is 0 Å². The molecule has 578 valence electrons. The van der Waals surface area contributed by atoms with Crippen molar-refractivity contribution in [1.82, 2.24) is 0 Å². The molecule has 0 aromatic carbocycles. The molecule has 0 aromatic rings. The Morgan fingerprint density at radius 1 is 0.384 bits per heavy atom. The molecule has 6 aliphatic heterocycles. The normalized spacial score (nSPS) is 33.8. The highest BCUT2D eigenvalue weighted by Gasteiger charge is 2.50. The number of carbonyl (C=O) groups is 8. The summed E-state index contributed by atoms with van der Waals surface area (Å²) in [6, 6.07) is 0. The minimum Gasteiger partial charge on any atom is -0.481 e. The van der Waals surface area contributed by atoms with Crippen molar-refractivity contribution in [2.24, 2.45) is 65.1 Å². The van der Waals surface area contributed by atoms with Gasteiger partial charge < -0.3 is 79.5 Å². The molecule has 7 fully saturated rings. The largest absolute Gasteiger partial charge is 0.481 e. The van der Waals surface area contributed by atoms with E-state index in [4.69, 9.17) is 69.3 Å². The molecule has 24 heteroatoms. The van der Waals surface area contributed by atoms with Crippen LogP contribution in [0.15, 0.2) is 0 Å². The van der Waals surface area contributed by atoms with E-state index in [0.29, 0.717) is 24.5 Å². The van der Waals surface area contributed by atoms with Gasteiger partial charge in [-0.05, 0) is 159 Å². The second kappa shape index (κ2) is 47.7. The van der Waals surface area contributed by atoms with Gasteiger partial charge in [-0.3, -0.25) is 38.4 Å². The van der Waals surface area contributed by atoms with Crippen LogP contribution in [0, 0.1) is 65.1 Å². The van der Waals surface area contributed by atoms with E-state index in [1.165, 1.54) is 0 Å². The smallest absolute Gasteiger partial charge is 0.309 e. The Hall–Kier alpha value is -4.56. The molecular weight excluding hydrogens is 1280 g/mol. The third-order valence-electron chi connectivity index (χ3n) is 21.8. The van der Waals surface area contributed by atoms with Gasteiger partial charge in [0.05, 0.1) is 128 Å². The summed E-state index contributed by atoms with van der Waals surface area (Å²) in [7, 11) is 0. The molecule has 6 saturated heterocycles. The zero-order chi connectivity index (χ0) is 75.6. The van der Waals surface area contributed by atoms with Gasteiger partial charge >= 0.3 is 47.8 Å². The first-order chi connectivity index (χ1) is 46.6. The molecule has 25 unspecified atom stereocenters. The van der Waals surface area contributed by atoms with Crippen molar-refractivity contribution < 1.29 is 118 Å². The van der Waals surface area contributed by atoms with Crippen LogP contribution < -0.4 is 0 Å². The van der Waals surface area contributed by atoms with Gasteiger partial charge in [0.2, 0.25) is 0 Å². The molecule has 0 bridgehead atoms. The fourth-order valence-electron chi connectivity index (χ4n) is 15.9. The van der Waals surface area contributed by atoms with Crippen LogP contribution in [0.25, 0.3) is 0 Å². The maximum atomic E-state index is 11.1. The quantitative estimate of drug-likeness (QED) is 0.0319. The molecular formula is C75H134O24. The SMILES string of the molecule is CCC1CC(C(=O)O)C(CC)O1.CCC1CC(C(C)(O)CC(=O)O)C(CC)O1.CCC1CC(C(C)C(=O)O)C(CC)O1.CCC1CC(C(O)CC(=O)O)C(CC)O1.CCC1CC(CC(=O)O)C(CC)O1.CCC1CC(CC)C(C(=O)O)C1C(=O)O.CCC1CC(CCC(=O)O)C(CC)O1. The number of carboxylic acid groups (broad SMARTS) is 8. The topological polar surface area (TPSA) is 394 Å². The number of aliphatic hydroxyl groups excluding tert-OH is 1. The first-order valence-electron chi connectivity index (χ1n) is 37.7. The summed E-state index contributed by atoms with van der Waals surface area (Å²) in [6.07, 6.45) is 20.5. The summed E-state index contributed by atoms with van der Waals surface area (Å²) in [6.45, 7) is 31.9. The summed E-state index contributed by atoms with van der Waals surface area (Å²) >= 11 is 0. The predicted molar refractivity (Wildman–Crippen MR) is 373 cm³/mol. The minimum absolute atomic E-state index is 0.0145. The summed E-state index contributed by atoms with van der Waals surface area (Å²) in [5, 5.41) is 90.7. The highest BCUT2D eigenvalue weighted by atomic mass is 16.5. The van der Waals surface area contributed by atoms with E-state index in [2.05, 4.69) is 41.5 Å². The van der Waals surface area contributed by atoms with Gasteiger partial charge in [0, 0.05) is 24.2 Å². The Kier molecular flexibility index (Phi) is 44.5. The van der Waals surface area contributed by atoms with Gasteiger partial charge in [-0.2, -0.15) is 0 Å². The number of carboxylic acids is 8. The predicted octanol–water partition coefficient (Wildman–Crippen LogP) is 13.5. The monoisotopic (exact) mass is 1420 g/mol. The van der Waals surface area contributed by atoms with Crippen LogP contribution in [0.5, 0.6) is 0 Å². The zero-order valence-corrected chi connectivity index (χ0v) is 62.9. The molecule has 1 saturated carbocycles. The zero-order valence-electron chi connectivity index (χ0n) is 62.9. The third-order valence-corrected chi connectivity index (χ3v) is 21.8. The van der Waals surface area contributed by atoms with Crippen molar-refractivity contribution in [2.45, 2.75) is 363 Å². The van der Waals surface area contributed by atoms with Gasteiger partial charge in [-0.1, -0.05) is 117 Å². The van der Waals surface area contributed by atoms with Crippen LogP contribution in [0.3, 0.4) is 0 Å². The van der Waals surface area contributed by atoms with E-state index in [9.17, 15) is 48.6 Å². The third kappa shape index (κ3) is 30.7. The van der Waals surface area contributed by atoms with E-state index in [1.807, 2.05) is 55.4 Å². The van der Waals surface area contributed by atoms with Crippen molar-refractivity contribution in [1.29, 1.82) is 0 Å². The van der Waals surface area contributed by atoms with E-state index < -0.39 is 71.3 Å². The Morgan fingerprint density at radius 3 is 1.12 bits per heavy atom. The second-order valence-corrected chi connectivity index (χ2v) is 28.5. The van der Waals surface area contributed by atoms with E-state index in [-0.39, 0.29) is 134 Å². The van der Waals surface area contributed by atoms with Crippen LogP contribution in [0.4, 0.5) is 0 Å². The Labute approximate surface area is 591 Å². The van der Waals surface area contributed by atoms with Gasteiger partial charge in [0.1, 0.15) is 0 Å². The average Bonchev–Trinajstić information content (AvgIpc) is 1.77. The summed E-state index contributed by atoms with van der Waals surface area (Å²) in [4.78, 5) is 86.1. The lowest BCUT2D eigenvalue weighted by atomic mass is 9.80. The van der Waals surface area contributed by atoms with E-state index in [1.54, 1.807) is 13.8 Å². The van der Waals surface area contributed by atoms with Gasteiger partial charge in [0.15, 0.2) is 0 Å². The molecule has 7 aliphatic rings. The summed E-state index contributed by atoms with van der Waals surface area (Å²) in [5.74, 6) is -7.73. The number of ether oxygens (including phenoxy) is 6. The molecule has 10 N–H and O–H groups in total. The van der Waals surface area contributed by atoms with E-state index in [0.717, 1.165) is 135 Å². The van der Waals surface area contributed by atoms with Crippen LogP contribution in [0.1, 0.15) is 278 Å². The molecule has 24 nitrogen and oxygen atoms in total. The van der Waals surface area contributed by atoms with Crippen molar-refractivity contribution in [3.8, 4) is 0 Å². The van der Waals surface area contributed by atoms with Crippen LogP contribution in [-0.2, 0) is 66.8 Å². The first-order valence-corrected chi connectivity index (χ1v) is 37.7. The number of aliphatic carboxylic acids is 8. The fourth-order valence-corrected chi connectivity index (χ4v) is 15.9. The van der Waals surface area contributed by atoms with Crippen molar-refractivity contribution in [3.05, 3.63) is 0 Å². The maximum Gasteiger partial charge on any atom is 0.309 e. The molecule has 99 heavy (non-hydrogen) atoms. The van der Waals surface area contributed by atoms with E-state index >= 15 is 0 Å².